The van der Waals surface area contributed by atoms with Crippen LogP contribution in [0.5, 0.6) is 0 Å². The second kappa shape index (κ2) is 6.01. The molecule has 0 atom stereocenters. The minimum Gasteiger partial charge on any atom is -0.369 e. The Morgan fingerprint density at radius 3 is 2.92 bits per heavy atom. The van der Waals surface area contributed by atoms with E-state index in [1.165, 1.54) is 10.9 Å². The van der Waals surface area contributed by atoms with E-state index in [9.17, 15) is 0 Å². The zero-order chi connectivity index (χ0) is 16.5. The Hall–Kier alpha value is -2.80. The highest BCUT2D eigenvalue weighted by molar-refractivity contribution is 6.30. The summed E-state index contributed by atoms with van der Waals surface area (Å²) >= 11 is 6.00. The molecule has 0 aliphatic carbocycles. The zero-order valence-electron chi connectivity index (χ0n) is 12.8. The second-order valence-corrected chi connectivity index (χ2v) is 6.02. The smallest absolute Gasteiger partial charge is 0.199 e. The normalized spacial score (nSPS) is 11.4. The van der Waals surface area contributed by atoms with Crippen LogP contribution in [-0.2, 0) is 19.4 Å². The van der Waals surface area contributed by atoms with Gasteiger partial charge in [-0.2, -0.15) is 0 Å². The Morgan fingerprint density at radius 2 is 2.08 bits per heavy atom. The summed E-state index contributed by atoms with van der Waals surface area (Å²) in [5.74, 6) is 0.331. The molecule has 4 rings (SSSR count). The molecule has 122 valence electrons. The largest absolute Gasteiger partial charge is 0.369 e. The van der Waals surface area contributed by atoms with Crippen LogP contribution in [-0.4, -0.2) is 29.9 Å². The standard InChI is InChI=1S/C16H16ClN7/c17-15-14(20-16(18)21-15)6-5-11-9-24(23-22-11)8-10-7-19-13-4-2-1-3-12(10)13/h1-4,7,9,19H,5-6,8H2,(H3,18,20,21). The van der Waals surface area contributed by atoms with Crippen LogP contribution in [0.25, 0.3) is 10.9 Å². The van der Waals surface area contributed by atoms with Crippen molar-refractivity contribution < 1.29 is 0 Å². The van der Waals surface area contributed by atoms with Gasteiger partial charge in [0.15, 0.2) is 11.1 Å². The van der Waals surface area contributed by atoms with Crippen molar-refractivity contribution in [2.45, 2.75) is 19.4 Å². The fraction of sp³-hybridized carbons (Fsp3) is 0.188. The lowest BCUT2D eigenvalue weighted by Gasteiger charge is -1.99. The van der Waals surface area contributed by atoms with Crippen molar-refractivity contribution in [3.05, 3.63) is 58.8 Å². The maximum atomic E-state index is 6.00. The highest BCUT2D eigenvalue weighted by atomic mass is 35.5. The van der Waals surface area contributed by atoms with Crippen molar-refractivity contribution >= 4 is 28.5 Å². The van der Waals surface area contributed by atoms with Gasteiger partial charge in [0, 0.05) is 23.3 Å². The number of anilines is 1. The van der Waals surface area contributed by atoms with Crippen LogP contribution in [0.15, 0.2) is 36.7 Å². The van der Waals surface area contributed by atoms with Crippen molar-refractivity contribution in [1.82, 2.24) is 29.9 Å². The highest BCUT2D eigenvalue weighted by Crippen LogP contribution is 2.19. The van der Waals surface area contributed by atoms with Crippen LogP contribution >= 0.6 is 11.6 Å². The Bertz CT molecular complexity index is 981. The number of hydrogen-bond donors (Lipinski definition) is 3. The van der Waals surface area contributed by atoms with Gasteiger partial charge in [-0.15, -0.1) is 5.10 Å². The van der Waals surface area contributed by atoms with E-state index in [0.29, 0.717) is 24.1 Å². The van der Waals surface area contributed by atoms with Gasteiger partial charge in [-0.25, -0.2) is 9.67 Å². The number of hydrogen-bond acceptors (Lipinski definition) is 4. The number of rotatable bonds is 5. The molecule has 0 bridgehead atoms. The third-order valence-electron chi connectivity index (χ3n) is 3.97. The lowest BCUT2D eigenvalue weighted by molar-refractivity contribution is 0.651. The van der Waals surface area contributed by atoms with E-state index in [1.807, 2.05) is 29.2 Å². The number of fused-ring (bicyclic) bond motifs is 1. The number of nitrogens with one attached hydrogen (secondary N) is 2. The summed E-state index contributed by atoms with van der Waals surface area (Å²) in [6.07, 6.45) is 5.37. The molecular formula is C16H16ClN7. The van der Waals surface area contributed by atoms with Gasteiger partial charge in [-0.1, -0.05) is 35.0 Å². The van der Waals surface area contributed by atoms with Gasteiger partial charge in [0.05, 0.1) is 17.9 Å². The maximum Gasteiger partial charge on any atom is 0.199 e. The quantitative estimate of drug-likeness (QED) is 0.519. The predicted octanol–water partition coefficient (Wildman–Crippen LogP) is 2.55. The fourth-order valence-electron chi connectivity index (χ4n) is 2.79. The summed E-state index contributed by atoms with van der Waals surface area (Å²) in [4.78, 5) is 10.2. The van der Waals surface area contributed by atoms with E-state index in [1.54, 1.807) is 0 Å². The molecule has 3 heterocycles. The first kappa shape index (κ1) is 14.8. The molecule has 0 aliphatic rings. The molecule has 8 heteroatoms. The Morgan fingerprint density at radius 1 is 1.21 bits per heavy atom. The van der Waals surface area contributed by atoms with E-state index in [0.717, 1.165) is 23.3 Å². The number of aromatic nitrogens is 6. The molecule has 0 saturated heterocycles. The fourth-order valence-corrected chi connectivity index (χ4v) is 3.03. The van der Waals surface area contributed by atoms with Gasteiger partial charge in [-0.3, -0.25) is 0 Å². The molecule has 0 aliphatic heterocycles. The van der Waals surface area contributed by atoms with Crippen LogP contribution in [0.1, 0.15) is 17.0 Å². The molecule has 0 amide bonds. The molecule has 1 aromatic carbocycles. The van der Waals surface area contributed by atoms with Gasteiger partial charge in [0.1, 0.15) is 0 Å². The summed E-state index contributed by atoms with van der Waals surface area (Å²) in [6.45, 7) is 0.675. The molecule has 4 N–H and O–H groups in total. The van der Waals surface area contributed by atoms with Gasteiger partial charge in [0.2, 0.25) is 0 Å². The summed E-state index contributed by atoms with van der Waals surface area (Å²) in [5, 5.41) is 10.0. The van der Waals surface area contributed by atoms with E-state index in [2.05, 4.69) is 37.4 Å². The van der Waals surface area contributed by atoms with Crippen molar-refractivity contribution in [3.63, 3.8) is 0 Å². The Kier molecular flexibility index (Phi) is 3.70. The molecule has 7 nitrogen and oxygen atoms in total. The number of imidazole rings is 1. The van der Waals surface area contributed by atoms with Gasteiger partial charge >= 0.3 is 0 Å². The van der Waals surface area contributed by atoms with E-state index >= 15 is 0 Å². The average molecular weight is 342 g/mol. The lowest BCUT2D eigenvalue weighted by atomic mass is 10.2. The SMILES string of the molecule is Nc1nc(Cl)c(CCc2cn(Cc3c[nH]c4ccccc34)nn2)[nH]1. The van der Waals surface area contributed by atoms with Crippen molar-refractivity contribution in [3.8, 4) is 0 Å². The van der Waals surface area contributed by atoms with Crippen molar-refractivity contribution in [2.75, 3.05) is 5.73 Å². The topological polar surface area (TPSA) is 101 Å². The number of nitrogens with two attached hydrogens (primary N) is 1. The molecule has 0 spiro atoms. The van der Waals surface area contributed by atoms with Crippen LogP contribution in [0.2, 0.25) is 5.15 Å². The molecule has 0 fully saturated rings. The number of nitrogens with zero attached hydrogens (tertiary/aromatic N) is 4. The van der Waals surface area contributed by atoms with E-state index < -0.39 is 0 Å². The number of nitrogen functional groups attached to an aromatic ring is 1. The number of H-pyrrole nitrogens is 2. The van der Waals surface area contributed by atoms with Crippen molar-refractivity contribution in [2.24, 2.45) is 0 Å². The van der Waals surface area contributed by atoms with Crippen LogP contribution in [0.3, 0.4) is 0 Å². The van der Waals surface area contributed by atoms with Crippen LogP contribution in [0.4, 0.5) is 5.95 Å². The maximum absolute atomic E-state index is 6.00. The number of aromatic amines is 2. The number of halogens is 1. The summed E-state index contributed by atoms with van der Waals surface area (Å²) in [6, 6.07) is 8.21. The van der Waals surface area contributed by atoms with Gasteiger partial charge < -0.3 is 15.7 Å². The highest BCUT2D eigenvalue weighted by Gasteiger charge is 2.09. The molecule has 0 saturated carbocycles. The zero-order valence-corrected chi connectivity index (χ0v) is 13.6. The first-order chi connectivity index (χ1) is 11.7. The minimum atomic E-state index is 0.331. The number of aryl methyl sites for hydroxylation is 2. The Balaban J connectivity index is 1.46. The first-order valence-corrected chi connectivity index (χ1v) is 8.00. The lowest BCUT2D eigenvalue weighted by Crippen LogP contribution is -1.99. The number of para-hydroxylation sites is 1. The predicted molar refractivity (Wildman–Crippen MR) is 92.8 cm³/mol. The third-order valence-corrected chi connectivity index (χ3v) is 4.28. The van der Waals surface area contributed by atoms with Crippen LogP contribution in [0, 0.1) is 0 Å². The van der Waals surface area contributed by atoms with Crippen molar-refractivity contribution in [1.29, 1.82) is 0 Å². The van der Waals surface area contributed by atoms with E-state index in [4.69, 9.17) is 17.3 Å². The third kappa shape index (κ3) is 2.85. The van der Waals surface area contributed by atoms with Crippen LogP contribution < -0.4 is 5.73 Å². The monoisotopic (exact) mass is 341 g/mol. The molecule has 24 heavy (non-hydrogen) atoms. The second-order valence-electron chi connectivity index (χ2n) is 5.66. The molecule has 3 aromatic heterocycles. The summed E-state index contributed by atoms with van der Waals surface area (Å²) in [5.41, 5.74) is 9.62. The average Bonchev–Trinajstić information content (AvgIpc) is 3.26. The Labute approximate surface area is 142 Å². The van der Waals surface area contributed by atoms with Gasteiger partial charge in [0.25, 0.3) is 0 Å². The van der Waals surface area contributed by atoms with Gasteiger partial charge in [-0.05, 0) is 24.5 Å². The molecule has 0 unspecified atom stereocenters. The number of benzene rings is 1. The first-order valence-electron chi connectivity index (χ1n) is 7.63. The summed E-state index contributed by atoms with van der Waals surface area (Å²) < 4.78 is 1.84. The summed E-state index contributed by atoms with van der Waals surface area (Å²) in [7, 11) is 0. The minimum absolute atomic E-state index is 0.331. The molecule has 0 radical (unpaired) electrons. The molecule has 4 aromatic rings. The van der Waals surface area contributed by atoms with E-state index in [-0.39, 0.29) is 0 Å². The molecular weight excluding hydrogens is 326 g/mol.